The zero-order chi connectivity index (χ0) is 7.56. The fourth-order valence-corrected chi connectivity index (χ4v) is 1.47. The van der Waals surface area contributed by atoms with Gasteiger partial charge >= 0.3 is 0 Å². The molecule has 1 unspecified atom stereocenters. The molecule has 2 heteroatoms. The van der Waals surface area contributed by atoms with Gasteiger partial charge < -0.3 is 10.6 Å². The highest BCUT2D eigenvalue weighted by Gasteiger charge is 2.17. The molecule has 0 aliphatic carbocycles. The predicted molar refractivity (Wildman–Crippen MR) is 43.5 cm³/mol. The lowest BCUT2D eigenvalue weighted by molar-refractivity contribution is 0.230. The van der Waals surface area contributed by atoms with E-state index in [-0.39, 0.29) is 0 Å². The molecular weight excluding hydrogens is 124 g/mol. The van der Waals surface area contributed by atoms with E-state index >= 15 is 0 Å². The average Bonchev–Trinajstić information content (AvgIpc) is 1.88. The van der Waals surface area contributed by atoms with E-state index in [0.29, 0.717) is 5.92 Å². The van der Waals surface area contributed by atoms with E-state index in [1.54, 1.807) is 0 Å². The standard InChI is InChI=1S/C8H16N2/c1-7(9)8-4-3-5-10(2)6-8/h8H,1,3-6,9H2,2H3. The summed E-state index contributed by atoms with van der Waals surface area (Å²) in [5.41, 5.74) is 6.46. The lowest BCUT2D eigenvalue weighted by atomic mass is 9.96. The van der Waals surface area contributed by atoms with Crippen LogP contribution in [0.3, 0.4) is 0 Å². The predicted octanol–water partition coefficient (Wildman–Crippen LogP) is 0.801. The van der Waals surface area contributed by atoms with Crippen molar-refractivity contribution in [3.63, 3.8) is 0 Å². The van der Waals surface area contributed by atoms with Crippen LogP contribution in [-0.2, 0) is 0 Å². The monoisotopic (exact) mass is 140 g/mol. The molecule has 1 fully saturated rings. The molecule has 0 amide bonds. The molecule has 0 aromatic heterocycles. The molecule has 0 bridgehead atoms. The lowest BCUT2D eigenvalue weighted by Gasteiger charge is -2.29. The Morgan fingerprint density at radius 3 is 2.80 bits per heavy atom. The van der Waals surface area contributed by atoms with Gasteiger partial charge in [0.05, 0.1) is 0 Å². The van der Waals surface area contributed by atoms with Crippen molar-refractivity contribution in [2.24, 2.45) is 11.7 Å². The summed E-state index contributed by atoms with van der Waals surface area (Å²) in [6.45, 7) is 6.07. The van der Waals surface area contributed by atoms with E-state index in [2.05, 4.69) is 18.5 Å². The number of piperidine rings is 1. The zero-order valence-corrected chi connectivity index (χ0v) is 6.64. The molecule has 58 valence electrons. The van der Waals surface area contributed by atoms with Gasteiger partial charge in [0.1, 0.15) is 0 Å². The maximum atomic E-state index is 5.61. The molecule has 1 heterocycles. The summed E-state index contributed by atoms with van der Waals surface area (Å²) >= 11 is 0. The highest BCUT2D eigenvalue weighted by atomic mass is 15.1. The van der Waals surface area contributed by atoms with Gasteiger partial charge in [-0.15, -0.1) is 0 Å². The minimum atomic E-state index is 0.541. The Bertz CT molecular complexity index is 131. The molecule has 10 heavy (non-hydrogen) atoms. The summed E-state index contributed by atoms with van der Waals surface area (Å²) in [6.07, 6.45) is 2.48. The van der Waals surface area contributed by atoms with Gasteiger partial charge in [0, 0.05) is 18.2 Å². The van der Waals surface area contributed by atoms with Crippen LogP contribution in [0.4, 0.5) is 0 Å². The molecule has 2 nitrogen and oxygen atoms in total. The summed E-state index contributed by atoms with van der Waals surface area (Å²) in [5, 5.41) is 0. The van der Waals surface area contributed by atoms with Crippen molar-refractivity contribution in [3.8, 4) is 0 Å². The summed E-state index contributed by atoms with van der Waals surface area (Å²) in [7, 11) is 2.13. The number of hydrogen-bond donors (Lipinski definition) is 1. The molecule has 1 aliphatic heterocycles. The van der Waals surface area contributed by atoms with E-state index in [1.807, 2.05) is 0 Å². The van der Waals surface area contributed by atoms with Crippen LogP contribution < -0.4 is 5.73 Å². The van der Waals surface area contributed by atoms with Crippen molar-refractivity contribution in [1.82, 2.24) is 4.90 Å². The Labute approximate surface area is 62.7 Å². The van der Waals surface area contributed by atoms with Gasteiger partial charge in [-0.1, -0.05) is 6.58 Å². The van der Waals surface area contributed by atoms with E-state index < -0.39 is 0 Å². The van der Waals surface area contributed by atoms with E-state index in [0.717, 1.165) is 12.2 Å². The van der Waals surface area contributed by atoms with Gasteiger partial charge in [-0.2, -0.15) is 0 Å². The lowest BCUT2D eigenvalue weighted by Crippen LogP contribution is -2.34. The van der Waals surface area contributed by atoms with Crippen molar-refractivity contribution < 1.29 is 0 Å². The third kappa shape index (κ3) is 1.74. The molecule has 0 radical (unpaired) electrons. The van der Waals surface area contributed by atoms with Gasteiger partial charge in [-0.25, -0.2) is 0 Å². The molecule has 1 saturated heterocycles. The van der Waals surface area contributed by atoms with E-state index in [4.69, 9.17) is 5.73 Å². The van der Waals surface area contributed by atoms with Crippen LogP contribution in [0.15, 0.2) is 12.3 Å². The van der Waals surface area contributed by atoms with E-state index in [1.165, 1.54) is 19.4 Å². The first kappa shape index (κ1) is 7.61. The van der Waals surface area contributed by atoms with Crippen molar-refractivity contribution in [3.05, 3.63) is 12.3 Å². The van der Waals surface area contributed by atoms with Crippen molar-refractivity contribution in [2.45, 2.75) is 12.8 Å². The molecule has 2 N–H and O–H groups in total. The number of nitrogens with two attached hydrogens (primary N) is 1. The second kappa shape index (κ2) is 3.06. The Morgan fingerprint density at radius 2 is 2.40 bits per heavy atom. The molecule has 0 spiro atoms. The maximum absolute atomic E-state index is 5.61. The highest BCUT2D eigenvalue weighted by Crippen LogP contribution is 2.18. The number of likely N-dealkylation sites (tertiary alicyclic amines) is 1. The van der Waals surface area contributed by atoms with Crippen LogP contribution in [0.1, 0.15) is 12.8 Å². The normalized spacial score (nSPS) is 28.3. The van der Waals surface area contributed by atoms with Crippen molar-refractivity contribution in [1.29, 1.82) is 0 Å². The molecule has 0 saturated carbocycles. The van der Waals surface area contributed by atoms with Crippen molar-refractivity contribution >= 4 is 0 Å². The molecule has 1 atom stereocenters. The summed E-state index contributed by atoms with van der Waals surface area (Å²) in [5.74, 6) is 0.541. The van der Waals surface area contributed by atoms with Gasteiger partial charge in [0.15, 0.2) is 0 Å². The number of nitrogens with zero attached hydrogens (tertiary/aromatic N) is 1. The Morgan fingerprint density at radius 1 is 1.70 bits per heavy atom. The first-order chi connectivity index (χ1) is 4.70. The molecular formula is C8H16N2. The quantitative estimate of drug-likeness (QED) is 0.583. The summed E-state index contributed by atoms with van der Waals surface area (Å²) < 4.78 is 0. The first-order valence-electron chi connectivity index (χ1n) is 3.83. The average molecular weight is 140 g/mol. The SMILES string of the molecule is C=C(N)C1CCCN(C)C1. The largest absolute Gasteiger partial charge is 0.402 e. The Hall–Kier alpha value is -0.500. The third-order valence-corrected chi connectivity index (χ3v) is 2.15. The maximum Gasteiger partial charge on any atom is 0.0106 e. The second-order valence-electron chi connectivity index (χ2n) is 3.18. The second-order valence-corrected chi connectivity index (χ2v) is 3.18. The molecule has 0 aromatic rings. The summed E-state index contributed by atoms with van der Waals surface area (Å²) in [4.78, 5) is 2.31. The third-order valence-electron chi connectivity index (χ3n) is 2.15. The van der Waals surface area contributed by atoms with Gasteiger partial charge in [-0.3, -0.25) is 0 Å². The van der Waals surface area contributed by atoms with Crippen molar-refractivity contribution in [2.75, 3.05) is 20.1 Å². The van der Waals surface area contributed by atoms with Gasteiger partial charge in [0.2, 0.25) is 0 Å². The minimum Gasteiger partial charge on any atom is -0.402 e. The fraction of sp³-hybridized carbons (Fsp3) is 0.750. The van der Waals surface area contributed by atoms with Crippen LogP contribution in [-0.4, -0.2) is 25.0 Å². The molecule has 1 aliphatic rings. The fourth-order valence-electron chi connectivity index (χ4n) is 1.47. The molecule has 0 aromatic carbocycles. The first-order valence-corrected chi connectivity index (χ1v) is 3.83. The minimum absolute atomic E-state index is 0.541. The molecule has 1 rings (SSSR count). The Kier molecular flexibility index (Phi) is 2.33. The zero-order valence-electron chi connectivity index (χ0n) is 6.64. The van der Waals surface area contributed by atoms with Crippen LogP contribution in [0.5, 0.6) is 0 Å². The van der Waals surface area contributed by atoms with Crippen LogP contribution in [0.2, 0.25) is 0 Å². The van der Waals surface area contributed by atoms with Gasteiger partial charge in [0.25, 0.3) is 0 Å². The Balaban J connectivity index is 2.39. The smallest absolute Gasteiger partial charge is 0.0106 e. The van der Waals surface area contributed by atoms with Crippen LogP contribution >= 0.6 is 0 Å². The summed E-state index contributed by atoms with van der Waals surface area (Å²) in [6, 6.07) is 0. The van der Waals surface area contributed by atoms with Crippen LogP contribution in [0.25, 0.3) is 0 Å². The number of hydrogen-bond acceptors (Lipinski definition) is 2. The van der Waals surface area contributed by atoms with Gasteiger partial charge in [-0.05, 0) is 26.4 Å². The van der Waals surface area contributed by atoms with E-state index in [9.17, 15) is 0 Å². The topological polar surface area (TPSA) is 29.3 Å². The van der Waals surface area contributed by atoms with Crippen LogP contribution in [0, 0.1) is 5.92 Å². The number of rotatable bonds is 1. The highest BCUT2D eigenvalue weighted by molar-refractivity contribution is 4.97.